The van der Waals surface area contributed by atoms with Gasteiger partial charge in [0, 0.05) is 36.0 Å². The Morgan fingerprint density at radius 3 is 2.63 bits per heavy atom. The molecule has 0 radical (unpaired) electrons. The third kappa shape index (κ3) is 3.94. The highest BCUT2D eigenvalue weighted by Crippen LogP contribution is 2.28. The summed E-state index contributed by atoms with van der Waals surface area (Å²) in [5, 5.41) is 2.94. The van der Waals surface area contributed by atoms with E-state index < -0.39 is 0 Å². The SMILES string of the molecule is Cc1ccc(-c2nc(CC(=O)N3C[C@@H](N)[C@H](c4ccccc4)C3)cs2)cc1. The molecule has 0 saturated carbocycles. The molecule has 2 aromatic carbocycles. The van der Waals surface area contributed by atoms with Crippen molar-refractivity contribution < 1.29 is 4.79 Å². The van der Waals surface area contributed by atoms with Crippen LogP contribution >= 0.6 is 11.3 Å². The van der Waals surface area contributed by atoms with Crippen molar-refractivity contribution in [1.82, 2.24) is 9.88 Å². The summed E-state index contributed by atoms with van der Waals surface area (Å²) in [6, 6.07) is 18.5. The fraction of sp³-hybridized carbons (Fsp3) is 0.273. The number of amides is 1. The minimum atomic E-state index is -0.0186. The van der Waals surface area contributed by atoms with E-state index in [0.717, 1.165) is 16.3 Å². The Morgan fingerprint density at radius 2 is 1.89 bits per heavy atom. The van der Waals surface area contributed by atoms with E-state index in [2.05, 4.69) is 48.3 Å². The fourth-order valence-corrected chi connectivity index (χ4v) is 4.40. The van der Waals surface area contributed by atoms with E-state index in [-0.39, 0.29) is 17.9 Å². The summed E-state index contributed by atoms with van der Waals surface area (Å²) in [5.41, 5.74) is 10.7. The standard InChI is InChI=1S/C22H23N3OS/c1-15-7-9-17(10-8-15)22-24-18(14-27-22)11-21(26)25-12-19(20(23)13-25)16-5-3-2-4-6-16/h2-10,14,19-20H,11-13,23H2,1H3/t19-,20+/m0/s1. The molecule has 2 N–H and O–H groups in total. The average Bonchev–Trinajstić information content (AvgIpc) is 3.30. The molecule has 4 rings (SSSR count). The monoisotopic (exact) mass is 377 g/mol. The zero-order chi connectivity index (χ0) is 18.8. The number of carbonyl (C=O) groups is 1. The van der Waals surface area contributed by atoms with Crippen LogP contribution in [0.1, 0.15) is 22.7 Å². The molecule has 1 aliphatic rings. The van der Waals surface area contributed by atoms with Gasteiger partial charge in [0.15, 0.2) is 0 Å². The van der Waals surface area contributed by atoms with Gasteiger partial charge in [0.05, 0.1) is 12.1 Å². The van der Waals surface area contributed by atoms with Crippen molar-refractivity contribution in [2.24, 2.45) is 5.73 Å². The van der Waals surface area contributed by atoms with Crippen molar-refractivity contribution >= 4 is 17.2 Å². The number of thiazole rings is 1. The smallest absolute Gasteiger partial charge is 0.228 e. The van der Waals surface area contributed by atoms with Crippen molar-refractivity contribution in [1.29, 1.82) is 0 Å². The zero-order valence-corrected chi connectivity index (χ0v) is 16.2. The maximum absolute atomic E-state index is 12.8. The molecule has 0 spiro atoms. The summed E-state index contributed by atoms with van der Waals surface area (Å²) >= 11 is 1.58. The topological polar surface area (TPSA) is 59.2 Å². The predicted molar refractivity (Wildman–Crippen MR) is 110 cm³/mol. The fourth-order valence-electron chi connectivity index (χ4n) is 3.57. The van der Waals surface area contributed by atoms with Crippen molar-refractivity contribution in [3.8, 4) is 10.6 Å². The Morgan fingerprint density at radius 1 is 1.15 bits per heavy atom. The van der Waals surface area contributed by atoms with Crippen LogP contribution in [0.2, 0.25) is 0 Å². The van der Waals surface area contributed by atoms with Crippen molar-refractivity contribution in [3.63, 3.8) is 0 Å². The zero-order valence-electron chi connectivity index (χ0n) is 15.3. The van der Waals surface area contributed by atoms with E-state index in [0.29, 0.717) is 19.5 Å². The summed E-state index contributed by atoms with van der Waals surface area (Å²) in [6.45, 7) is 3.35. The van der Waals surface area contributed by atoms with E-state index in [1.54, 1.807) is 11.3 Å². The van der Waals surface area contributed by atoms with E-state index >= 15 is 0 Å². The van der Waals surface area contributed by atoms with Gasteiger partial charge in [-0.2, -0.15) is 0 Å². The number of likely N-dealkylation sites (tertiary alicyclic amines) is 1. The first-order valence-corrected chi connectivity index (χ1v) is 10.1. The molecule has 1 aromatic heterocycles. The normalized spacial score (nSPS) is 19.4. The second-order valence-corrected chi connectivity index (χ2v) is 8.02. The molecule has 1 saturated heterocycles. The number of hydrogen-bond acceptors (Lipinski definition) is 4. The quantitative estimate of drug-likeness (QED) is 0.755. The predicted octanol–water partition coefficient (Wildman–Crippen LogP) is 3.61. The molecule has 138 valence electrons. The summed E-state index contributed by atoms with van der Waals surface area (Å²) in [7, 11) is 0. The highest BCUT2D eigenvalue weighted by molar-refractivity contribution is 7.13. The molecule has 27 heavy (non-hydrogen) atoms. The van der Waals surface area contributed by atoms with Gasteiger partial charge in [0.2, 0.25) is 5.91 Å². The average molecular weight is 378 g/mol. The van der Waals surface area contributed by atoms with Crippen molar-refractivity contribution in [2.75, 3.05) is 13.1 Å². The molecular formula is C22H23N3OS. The summed E-state index contributed by atoms with van der Waals surface area (Å²) < 4.78 is 0. The van der Waals surface area contributed by atoms with Crippen LogP contribution in [-0.4, -0.2) is 34.9 Å². The number of aromatic nitrogens is 1. The Kier molecular flexibility index (Phi) is 5.05. The first-order valence-electron chi connectivity index (χ1n) is 9.20. The number of aryl methyl sites for hydroxylation is 1. The van der Waals surface area contributed by atoms with Gasteiger partial charge in [0.1, 0.15) is 5.01 Å². The number of nitrogens with zero attached hydrogens (tertiary/aromatic N) is 2. The van der Waals surface area contributed by atoms with Crippen LogP contribution in [0, 0.1) is 6.92 Å². The number of rotatable bonds is 4. The van der Waals surface area contributed by atoms with Gasteiger partial charge in [0.25, 0.3) is 0 Å². The molecule has 1 aliphatic heterocycles. The molecule has 1 amide bonds. The Bertz CT molecular complexity index is 920. The third-order valence-electron chi connectivity index (χ3n) is 5.13. The van der Waals surface area contributed by atoms with Gasteiger partial charge >= 0.3 is 0 Å². The van der Waals surface area contributed by atoms with Gasteiger partial charge in [-0.15, -0.1) is 11.3 Å². The van der Waals surface area contributed by atoms with Crippen LogP contribution in [0.4, 0.5) is 0 Å². The van der Waals surface area contributed by atoms with E-state index in [1.807, 2.05) is 28.5 Å². The number of hydrogen-bond donors (Lipinski definition) is 1. The summed E-state index contributed by atoms with van der Waals surface area (Å²) in [6.07, 6.45) is 0.330. The van der Waals surface area contributed by atoms with Crippen molar-refractivity contribution in [2.45, 2.75) is 25.3 Å². The van der Waals surface area contributed by atoms with Gasteiger partial charge in [-0.3, -0.25) is 4.79 Å². The lowest BCUT2D eigenvalue weighted by Gasteiger charge is -2.16. The highest BCUT2D eigenvalue weighted by Gasteiger charge is 2.33. The van der Waals surface area contributed by atoms with Crippen LogP contribution in [0.25, 0.3) is 10.6 Å². The van der Waals surface area contributed by atoms with Crippen molar-refractivity contribution in [3.05, 3.63) is 76.8 Å². The number of nitrogens with two attached hydrogens (primary N) is 1. The second kappa shape index (κ2) is 7.62. The molecule has 2 atom stereocenters. The van der Waals surface area contributed by atoms with Gasteiger partial charge in [-0.25, -0.2) is 4.98 Å². The lowest BCUT2D eigenvalue weighted by molar-refractivity contribution is -0.129. The molecule has 0 aliphatic carbocycles. The Hall–Kier alpha value is -2.50. The van der Waals surface area contributed by atoms with Crippen LogP contribution in [-0.2, 0) is 11.2 Å². The molecular weight excluding hydrogens is 354 g/mol. The number of carbonyl (C=O) groups excluding carboxylic acids is 1. The van der Waals surface area contributed by atoms with E-state index in [1.165, 1.54) is 11.1 Å². The van der Waals surface area contributed by atoms with Crippen LogP contribution < -0.4 is 5.73 Å². The maximum atomic E-state index is 12.8. The van der Waals surface area contributed by atoms with Gasteiger partial charge < -0.3 is 10.6 Å². The lowest BCUT2D eigenvalue weighted by Crippen LogP contribution is -2.33. The van der Waals surface area contributed by atoms with E-state index in [4.69, 9.17) is 5.73 Å². The van der Waals surface area contributed by atoms with Crippen LogP contribution in [0.3, 0.4) is 0 Å². The molecule has 5 heteroatoms. The van der Waals surface area contributed by atoms with Crippen LogP contribution in [0.5, 0.6) is 0 Å². The highest BCUT2D eigenvalue weighted by atomic mass is 32.1. The summed E-state index contributed by atoms with van der Waals surface area (Å²) in [5.74, 6) is 0.304. The maximum Gasteiger partial charge on any atom is 0.228 e. The van der Waals surface area contributed by atoms with Gasteiger partial charge in [-0.1, -0.05) is 60.2 Å². The molecule has 4 nitrogen and oxygen atoms in total. The van der Waals surface area contributed by atoms with E-state index in [9.17, 15) is 4.79 Å². The first kappa shape index (κ1) is 17.9. The van der Waals surface area contributed by atoms with Gasteiger partial charge in [-0.05, 0) is 12.5 Å². The number of benzene rings is 2. The summed E-state index contributed by atoms with van der Waals surface area (Å²) in [4.78, 5) is 19.3. The van der Waals surface area contributed by atoms with Crippen LogP contribution in [0.15, 0.2) is 60.0 Å². The molecule has 3 aromatic rings. The lowest BCUT2D eigenvalue weighted by atomic mass is 9.95. The Labute approximate surface area is 163 Å². The minimum Gasteiger partial charge on any atom is -0.340 e. The second-order valence-electron chi connectivity index (χ2n) is 7.17. The molecule has 0 unspecified atom stereocenters. The molecule has 0 bridgehead atoms. The molecule has 2 heterocycles. The molecule has 1 fully saturated rings. The first-order chi connectivity index (χ1) is 13.1. The third-order valence-corrected chi connectivity index (χ3v) is 6.07. The Balaban J connectivity index is 1.42. The largest absolute Gasteiger partial charge is 0.340 e. The minimum absolute atomic E-state index is 0.0186.